The molecule has 7 nitrogen and oxygen atoms in total. The van der Waals surface area contributed by atoms with Crippen molar-refractivity contribution in [2.24, 2.45) is 0 Å². The second kappa shape index (κ2) is 10.5. The van der Waals surface area contributed by atoms with E-state index in [0.717, 1.165) is 22.5 Å². The van der Waals surface area contributed by atoms with E-state index in [2.05, 4.69) is 25.4 Å². The summed E-state index contributed by atoms with van der Waals surface area (Å²) in [6, 6.07) is 13.7. The SMILES string of the molecule is C=CCOC(=O)c1sc(N2C(=O)C(=O)/C(=C(\O)c3ccc(C)cc3)C2c2ccc(C(C)C)cc2)nc1C. The van der Waals surface area contributed by atoms with E-state index in [4.69, 9.17) is 4.74 Å². The Hall–Kier alpha value is -4.04. The number of hydrogen-bond donors (Lipinski definition) is 1. The second-order valence-corrected chi connectivity index (χ2v) is 10.1. The van der Waals surface area contributed by atoms with Crippen LogP contribution in [-0.2, 0) is 14.3 Å². The van der Waals surface area contributed by atoms with Crippen molar-refractivity contribution in [3.63, 3.8) is 0 Å². The summed E-state index contributed by atoms with van der Waals surface area (Å²) in [5.41, 5.74) is 3.50. The molecule has 8 heteroatoms. The van der Waals surface area contributed by atoms with Crippen LogP contribution in [-0.4, -0.2) is 34.4 Å². The Morgan fingerprint density at radius 2 is 1.78 bits per heavy atom. The number of ether oxygens (including phenoxy) is 1. The fraction of sp³-hybridized carbons (Fsp3) is 0.241. The molecule has 0 aliphatic carbocycles. The van der Waals surface area contributed by atoms with E-state index in [0.29, 0.717) is 22.7 Å². The van der Waals surface area contributed by atoms with Gasteiger partial charge in [-0.3, -0.25) is 14.5 Å². The summed E-state index contributed by atoms with van der Waals surface area (Å²) < 4.78 is 5.15. The number of rotatable bonds is 7. The highest BCUT2D eigenvalue weighted by molar-refractivity contribution is 7.17. The predicted octanol–water partition coefficient (Wildman–Crippen LogP) is 5.85. The molecule has 0 spiro atoms. The lowest BCUT2D eigenvalue weighted by atomic mass is 9.93. The first-order valence-corrected chi connectivity index (χ1v) is 12.7. The fourth-order valence-corrected chi connectivity index (χ4v) is 5.14. The number of aliphatic hydroxyl groups is 1. The first-order chi connectivity index (χ1) is 17.6. The number of thiazole rings is 1. The summed E-state index contributed by atoms with van der Waals surface area (Å²) in [5.74, 6) is -2.21. The summed E-state index contributed by atoms with van der Waals surface area (Å²) in [6.07, 6.45) is 1.46. The monoisotopic (exact) mass is 516 g/mol. The molecule has 4 rings (SSSR count). The highest BCUT2D eigenvalue weighted by Gasteiger charge is 2.48. The Kier molecular flexibility index (Phi) is 7.40. The van der Waals surface area contributed by atoms with Crippen molar-refractivity contribution in [3.05, 3.63) is 99.6 Å². The van der Waals surface area contributed by atoms with Gasteiger partial charge in [-0.05, 0) is 30.9 Å². The Bertz CT molecular complexity index is 1400. The number of hydrogen-bond acceptors (Lipinski definition) is 7. The Morgan fingerprint density at radius 1 is 1.14 bits per heavy atom. The summed E-state index contributed by atoms with van der Waals surface area (Å²) in [5, 5.41) is 11.4. The molecule has 1 unspecified atom stereocenters. The number of aromatic nitrogens is 1. The predicted molar refractivity (Wildman–Crippen MR) is 144 cm³/mol. The van der Waals surface area contributed by atoms with Crippen LogP contribution in [0.2, 0.25) is 0 Å². The molecule has 0 saturated carbocycles. The van der Waals surface area contributed by atoms with Crippen LogP contribution < -0.4 is 4.90 Å². The molecule has 1 aliphatic rings. The quantitative estimate of drug-likeness (QED) is 0.139. The van der Waals surface area contributed by atoms with Crippen LogP contribution in [0.4, 0.5) is 5.13 Å². The maximum atomic E-state index is 13.4. The van der Waals surface area contributed by atoms with Gasteiger partial charge in [0, 0.05) is 5.56 Å². The molecular formula is C29H28N2O5S. The Morgan fingerprint density at radius 3 is 2.38 bits per heavy atom. The molecule has 1 fully saturated rings. The van der Waals surface area contributed by atoms with Crippen LogP contribution in [0, 0.1) is 13.8 Å². The number of nitrogens with zero attached hydrogens (tertiary/aromatic N) is 2. The van der Waals surface area contributed by atoms with Gasteiger partial charge in [-0.1, -0.05) is 91.9 Å². The number of ketones is 1. The number of benzene rings is 2. The lowest BCUT2D eigenvalue weighted by Crippen LogP contribution is -2.29. The van der Waals surface area contributed by atoms with Crippen LogP contribution in [0.3, 0.4) is 0 Å². The van der Waals surface area contributed by atoms with Crippen LogP contribution in [0.15, 0.2) is 66.8 Å². The van der Waals surface area contributed by atoms with E-state index < -0.39 is 23.7 Å². The van der Waals surface area contributed by atoms with Crippen molar-refractivity contribution in [2.75, 3.05) is 11.5 Å². The average molecular weight is 517 g/mol. The van der Waals surface area contributed by atoms with Gasteiger partial charge in [0.2, 0.25) is 0 Å². The van der Waals surface area contributed by atoms with E-state index in [1.54, 1.807) is 19.1 Å². The number of carbonyl (C=O) groups is 3. The summed E-state index contributed by atoms with van der Waals surface area (Å²) in [6.45, 7) is 11.3. The third kappa shape index (κ3) is 4.97. The van der Waals surface area contributed by atoms with E-state index in [-0.39, 0.29) is 27.9 Å². The van der Waals surface area contributed by atoms with Crippen LogP contribution >= 0.6 is 11.3 Å². The highest BCUT2D eigenvalue weighted by atomic mass is 32.1. The first-order valence-electron chi connectivity index (χ1n) is 11.9. The van der Waals surface area contributed by atoms with Gasteiger partial charge in [0.1, 0.15) is 17.2 Å². The maximum Gasteiger partial charge on any atom is 0.350 e. The number of carbonyl (C=O) groups excluding carboxylic acids is 3. The number of esters is 1. The topological polar surface area (TPSA) is 96.8 Å². The summed E-state index contributed by atoms with van der Waals surface area (Å²) in [4.78, 5) is 45.2. The van der Waals surface area contributed by atoms with Gasteiger partial charge in [0.25, 0.3) is 5.78 Å². The van der Waals surface area contributed by atoms with Crippen LogP contribution in [0.1, 0.15) is 63.4 Å². The summed E-state index contributed by atoms with van der Waals surface area (Å²) >= 11 is 0.968. The van der Waals surface area contributed by atoms with Crippen molar-refractivity contribution in [1.82, 2.24) is 4.98 Å². The zero-order valence-electron chi connectivity index (χ0n) is 21.1. The van der Waals surface area contributed by atoms with Crippen molar-refractivity contribution in [2.45, 2.75) is 39.7 Å². The van der Waals surface area contributed by atoms with E-state index in [1.165, 1.54) is 11.0 Å². The lowest BCUT2D eigenvalue weighted by molar-refractivity contribution is -0.132. The number of aryl methyl sites for hydroxylation is 2. The molecule has 1 amide bonds. The lowest BCUT2D eigenvalue weighted by Gasteiger charge is -2.23. The minimum Gasteiger partial charge on any atom is -0.507 e. The first kappa shape index (κ1) is 26.0. The molecule has 2 aromatic carbocycles. The zero-order chi connectivity index (χ0) is 26.9. The third-order valence-electron chi connectivity index (χ3n) is 6.20. The zero-order valence-corrected chi connectivity index (χ0v) is 22.0. The van der Waals surface area contributed by atoms with Crippen LogP contribution in [0.5, 0.6) is 0 Å². The second-order valence-electron chi connectivity index (χ2n) is 9.15. The molecule has 1 aromatic heterocycles. The number of amides is 1. The number of aliphatic hydroxyl groups excluding tert-OH is 1. The smallest absolute Gasteiger partial charge is 0.350 e. The molecule has 1 saturated heterocycles. The van der Waals surface area contributed by atoms with Crippen molar-refractivity contribution < 1.29 is 24.2 Å². The Labute approximate surface area is 219 Å². The fourth-order valence-electron chi connectivity index (χ4n) is 4.15. The average Bonchev–Trinajstić information content (AvgIpc) is 3.39. The van der Waals surface area contributed by atoms with E-state index in [1.807, 2.05) is 43.3 Å². The van der Waals surface area contributed by atoms with Gasteiger partial charge >= 0.3 is 11.9 Å². The number of anilines is 1. The van der Waals surface area contributed by atoms with E-state index in [9.17, 15) is 19.5 Å². The van der Waals surface area contributed by atoms with Crippen molar-refractivity contribution in [3.8, 4) is 0 Å². The molecule has 1 atom stereocenters. The molecule has 0 radical (unpaired) electrons. The Balaban J connectivity index is 1.88. The molecule has 37 heavy (non-hydrogen) atoms. The molecule has 0 bridgehead atoms. The normalized spacial score (nSPS) is 16.9. The minimum absolute atomic E-state index is 0.0326. The van der Waals surface area contributed by atoms with Crippen LogP contribution in [0.25, 0.3) is 5.76 Å². The minimum atomic E-state index is -0.926. The molecule has 2 heterocycles. The van der Waals surface area contributed by atoms with Gasteiger partial charge in [0.05, 0.1) is 17.3 Å². The van der Waals surface area contributed by atoms with Gasteiger partial charge in [0.15, 0.2) is 5.13 Å². The highest BCUT2D eigenvalue weighted by Crippen LogP contribution is 2.44. The largest absolute Gasteiger partial charge is 0.507 e. The summed E-state index contributed by atoms with van der Waals surface area (Å²) in [7, 11) is 0. The van der Waals surface area contributed by atoms with Gasteiger partial charge in [-0.15, -0.1) is 0 Å². The maximum absolute atomic E-state index is 13.4. The van der Waals surface area contributed by atoms with Gasteiger partial charge < -0.3 is 9.84 Å². The van der Waals surface area contributed by atoms with Crippen molar-refractivity contribution in [1.29, 1.82) is 0 Å². The number of Topliss-reactive ketones (excluding diaryl/α,β-unsaturated/α-hetero) is 1. The van der Waals surface area contributed by atoms with Crippen molar-refractivity contribution >= 4 is 39.9 Å². The molecule has 1 aliphatic heterocycles. The molecular weight excluding hydrogens is 488 g/mol. The standard InChI is InChI=1S/C29H28N2O5S/c1-6-15-36-28(35)26-18(5)30-29(37-26)31-23(20-13-11-19(12-14-20)16(2)3)22(25(33)27(31)34)24(32)21-9-7-17(4)8-10-21/h6-14,16,23,32H,1,15H2,2-5H3/b24-22-. The van der Waals surface area contributed by atoms with Gasteiger partial charge in [-0.2, -0.15) is 0 Å². The third-order valence-corrected chi connectivity index (χ3v) is 7.33. The molecule has 190 valence electrons. The molecule has 3 aromatic rings. The molecule has 1 N–H and O–H groups in total. The van der Waals surface area contributed by atoms with Gasteiger partial charge in [-0.25, -0.2) is 9.78 Å². The van der Waals surface area contributed by atoms with E-state index >= 15 is 0 Å².